The Kier molecular flexibility index (Phi) is 2.49. The second-order valence-electron chi connectivity index (χ2n) is 3.83. The van der Waals surface area contributed by atoms with Crippen LogP contribution in [-0.2, 0) is 0 Å². The quantitative estimate of drug-likeness (QED) is 0.677. The first-order valence-corrected chi connectivity index (χ1v) is 5.74. The second kappa shape index (κ2) is 4.14. The van der Waals surface area contributed by atoms with Gasteiger partial charge in [-0.15, -0.1) is 0 Å². The smallest absolute Gasteiger partial charge is 0.0842 e. The van der Waals surface area contributed by atoms with Crippen LogP contribution in [0.15, 0.2) is 59.6 Å². The van der Waals surface area contributed by atoms with E-state index < -0.39 is 0 Å². The lowest BCUT2D eigenvalue weighted by atomic mass is 10.0. The van der Waals surface area contributed by atoms with Crippen molar-refractivity contribution in [1.29, 1.82) is 0 Å². The minimum atomic E-state index is 0.725. The van der Waals surface area contributed by atoms with Crippen LogP contribution in [0.1, 0.15) is 5.56 Å². The van der Waals surface area contributed by atoms with E-state index in [2.05, 4.69) is 23.3 Å². The van der Waals surface area contributed by atoms with E-state index in [1.54, 1.807) is 0 Å². The third-order valence-corrected chi connectivity index (χ3v) is 2.96. The number of halogens is 1. The average Bonchev–Trinajstić information content (AvgIpc) is 2.39. The van der Waals surface area contributed by atoms with E-state index in [4.69, 9.17) is 11.6 Å². The fraction of sp³-hybridized carbons (Fsp3) is 0. The van der Waals surface area contributed by atoms with Crippen molar-refractivity contribution in [3.63, 3.8) is 0 Å². The lowest BCUT2D eigenvalue weighted by molar-refractivity contribution is 1.24. The van der Waals surface area contributed by atoms with Gasteiger partial charge in [-0.05, 0) is 24.3 Å². The zero-order chi connectivity index (χ0) is 11.7. The summed E-state index contributed by atoms with van der Waals surface area (Å²) in [6.07, 6.45) is 4.83. The number of benzene rings is 2. The highest BCUT2D eigenvalue weighted by Crippen LogP contribution is 2.13. The molecule has 1 heterocycles. The van der Waals surface area contributed by atoms with Crippen LogP contribution in [0, 0.1) is 6.20 Å². The van der Waals surface area contributed by atoms with Crippen LogP contribution >= 0.6 is 11.6 Å². The molecule has 2 heteroatoms. The van der Waals surface area contributed by atoms with Gasteiger partial charge in [0, 0.05) is 16.7 Å². The van der Waals surface area contributed by atoms with Crippen LogP contribution in [-0.4, -0.2) is 0 Å². The topological polar surface area (TPSA) is 12.4 Å². The molecule has 0 N–H and O–H groups in total. The molecular formula is C15H9ClN+. The molecule has 0 spiro atoms. The Balaban J connectivity index is 2.38. The predicted molar refractivity (Wildman–Crippen MR) is 69.0 cm³/mol. The third kappa shape index (κ3) is 1.87. The monoisotopic (exact) mass is 238 g/mol. The van der Waals surface area contributed by atoms with Crippen LogP contribution in [0.3, 0.4) is 0 Å². The molecule has 0 amide bonds. The molecule has 1 nitrogen and oxygen atoms in total. The Bertz CT molecular complexity index is 699. The molecule has 0 aliphatic carbocycles. The molecule has 80 valence electrons. The van der Waals surface area contributed by atoms with Gasteiger partial charge in [0.2, 0.25) is 0 Å². The summed E-state index contributed by atoms with van der Waals surface area (Å²) in [5.41, 5.74) is 2.26. The lowest BCUT2D eigenvalue weighted by Gasteiger charge is -1.98. The van der Waals surface area contributed by atoms with Crippen LogP contribution < -0.4 is 10.6 Å². The van der Waals surface area contributed by atoms with Crippen LogP contribution in [0.5, 0.6) is 0 Å². The minimum Gasteiger partial charge on any atom is -0.0842 e. The second-order valence-corrected chi connectivity index (χ2v) is 4.26. The van der Waals surface area contributed by atoms with Gasteiger partial charge in [0.25, 0.3) is 0 Å². The summed E-state index contributed by atoms with van der Waals surface area (Å²) >= 11 is 6.04. The van der Waals surface area contributed by atoms with Crippen molar-refractivity contribution in [2.24, 2.45) is 4.99 Å². The van der Waals surface area contributed by atoms with Crippen molar-refractivity contribution < 1.29 is 0 Å². The number of nitrogens with zero attached hydrogens (tertiary/aromatic N) is 1. The Labute approximate surface area is 104 Å². The van der Waals surface area contributed by atoms with Crippen molar-refractivity contribution in [3.8, 4) is 0 Å². The van der Waals surface area contributed by atoms with Crippen molar-refractivity contribution in [2.75, 3.05) is 0 Å². The van der Waals surface area contributed by atoms with Gasteiger partial charge in [0.15, 0.2) is 11.6 Å². The Morgan fingerprint density at radius 3 is 2.65 bits per heavy atom. The molecule has 17 heavy (non-hydrogen) atoms. The van der Waals surface area contributed by atoms with Gasteiger partial charge in [-0.3, -0.25) is 0 Å². The molecule has 3 rings (SSSR count). The van der Waals surface area contributed by atoms with E-state index in [9.17, 15) is 0 Å². The first kappa shape index (κ1) is 10.2. The molecular weight excluding hydrogens is 230 g/mol. The molecule has 0 atom stereocenters. The SMILES string of the molecule is Clc1ccc2c(c1)=C(c1ccccc1)C=[C+]N=2. The van der Waals surface area contributed by atoms with E-state index >= 15 is 0 Å². The standard InChI is InChI=1S/C15H9ClN/c16-12-6-7-15-14(10-12)13(8-9-17-15)11-4-2-1-3-5-11/h1-8,10H/q+1. The first-order chi connectivity index (χ1) is 8.34. The van der Waals surface area contributed by atoms with Crippen molar-refractivity contribution in [2.45, 2.75) is 0 Å². The Hall–Kier alpha value is -1.95. The van der Waals surface area contributed by atoms with E-state index in [0.717, 1.165) is 26.7 Å². The zero-order valence-electron chi connectivity index (χ0n) is 9.02. The number of rotatable bonds is 1. The molecule has 2 aromatic rings. The molecule has 0 saturated carbocycles. The minimum absolute atomic E-state index is 0.725. The summed E-state index contributed by atoms with van der Waals surface area (Å²) in [6.45, 7) is 0. The fourth-order valence-electron chi connectivity index (χ4n) is 1.92. The Morgan fingerprint density at radius 1 is 1.00 bits per heavy atom. The molecule has 1 aliphatic rings. The summed E-state index contributed by atoms with van der Waals surface area (Å²) in [6, 6.07) is 15.9. The van der Waals surface area contributed by atoms with Gasteiger partial charge < -0.3 is 0 Å². The number of hydrogen-bond acceptors (Lipinski definition) is 1. The lowest BCUT2D eigenvalue weighted by Crippen LogP contribution is -2.28. The van der Waals surface area contributed by atoms with Gasteiger partial charge >= 0.3 is 0 Å². The van der Waals surface area contributed by atoms with E-state index in [1.165, 1.54) is 0 Å². The molecule has 0 unspecified atom stereocenters. The molecule has 0 radical (unpaired) electrons. The van der Waals surface area contributed by atoms with Crippen molar-refractivity contribution in [1.82, 2.24) is 0 Å². The van der Waals surface area contributed by atoms with E-state index in [1.807, 2.05) is 42.5 Å². The first-order valence-electron chi connectivity index (χ1n) is 5.36. The summed E-state index contributed by atoms with van der Waals surface area (Å²) in [5.74, 6) is 0. The van der Waals surface area contributed by atoms with Crippen LogP contribution in [0.4, 0.5) is 0 Å². The van der Waals surface area contributed by atoms with Crippen molar-refractivity contribution in [3.05, 3.63) is 82.0 Å². The molecule has 0 bridgehead atoms. The highest BCUT2D eigenvalue weighted by atomic mass is 35.5. The summed E-state index contributed by atoms with van der Waals surface area (Å²) in [5, 5.41) is 2.70. The number of fused-ring (bicyclic) bond motifs is 1. The van der Waals surface area contributed by atoms with Crippen LogP contribution in [0.2, 0.25) is 5.02 Å². The van der Waals surface area contributed by atoms with Gasteiger partial charge in [-0.2, -0.15) is 0 Å². The molecule has 2 aromatic carbocycles. The summed E-state index contributed by atoms with van der Waals surface area (Å²) < 4.78 is 0. The maximum atomic E-state index is 6.04. The van der Waals surface area contributed by atoms with Gasteiger partial charge in [0.05, 0.1) is 0 Å². The zero-order valence-corrected chi connectivity index (χ0v) is 9.78. The Morgan fingerprint density at radius 2 is 1.82 bits per heavy atom. The maximum absolute atomic E-state index is 6.04. The molecule has 0 aromatic heterocycles. The van der Waals surface area contributed by atoms with E-state index in [0.29, 0.717) is 0 Å². The highest BCUT2D eigenvalue weighted by molar-refractivity contribution is 6.30. The number of allylic oxidation sites excluding steroid dienone is 1. The van der Waals surface area contributed by atoms with Crippen molar-refractivity contribution >= 4 is 17.2 Å². The van der Waals surface area contributed by atoms with Crippen LogP contribution in [0.25, 0.3) is 5.57 Å². The maximum Gasteiger partial charge on any atom is 0.188 e. The average molecular weight is 239 g/mol. The fourth-order valence-corrected chi connectivity index (χ4v) is 2.09. The van der Waals surface area contributed by atoms with Gasteiger partial charge in [0.1, 0.15) is 16.9 Å². The third-order valence-electron chi connectivity index (χ3n) is 2.73. The summed E-state index contributed by atoms with van der Waals surface area (Å²) in [4.78, 5) is 4.22. The van der Waals surface area contributed by atoms with Gasteiger partial charge in [-0.25, -0.2) is 0 Å². The molecule has 0 saturated heterocycles. The predicted octanol–water partition coefficient (Wildman–Crippen LogP) is 2.49. The van der Waals surface area contributed by atoms with E-state index in [-0.39, 0.29) is 0 Å². The number of hydrogen-bond donors (Lipinski definition) is 0. The normalized spacial score (nSPS) is 12.6. The van der Waals surface area contributed by atoms with Gasteiger partial charge in [-0.1, -0.05) is 34.8 Å². The summed E-state index contributed by atoms with van der Waals surface area (Å²) in [7, 11) is 0. The highest BCUT2D eigenvalue weighted by Gasteiger charge is 2.12. The largest absolute Gasteiger partial charge is 0.188 e. The molecule has 0 fully saturated rings. The molecule has 1 aliphatic heterocycles.